The van der Waals surface area contributed by atoms with E-state index < -0.39 is 0 Å². The summed E-state index contributed by atoms with van der Waals surface area (Å²) in [5.41, 5.74) is 17.4. The molecule has 0 spiro atoms. The molecule has 0 aliphatic rings. The van der Waals surface area contributed by atoms with Crippen molar-refractivity contribution >= 4 is 77.6 Å². The smallest absolute Gasteiger partial charge is 0.137 e. The van der Waals surface area contributed by atoms with Crippen LogP contribution in [0.2, 0.25) is 0 Å². The van der Waals surface area contributed by atoms with Crippen molar-refractivity contribution in [2.75, 3.05) is 9.80 Å². The molecule has 0 saturated heterocycles. The van der Waals surface area contributed by atoms with E-state index in [-0.39, 0.29) is 0 Å². The average molecular weight is 907 g/mol. The van der Waals surface area contributed by atoms with Gasteiger partial charge < -0.3 is 14.2 Å². The first-order valence-electron chi connectivity index (χ1n) is 24.2. The van der Waals surface area contributed by atoms with Crippen molar-refractivity contribution in [2.24, 2.45) is 0 Å². The number of rotatable bonds is 10. The van der Waals surface area contributed by atoms with Gasteiger partial charge in [-0.1, -0.05) is 188 Å². The second kappa shape index (κ2) is 17.9. The lowest BCUT2D eigenvalue weighted by atomic mass is 9.98. The van der Waals surface area contributed by atoms with Crippen molar-refractivity contribution in [1.29, 1.82) is 0 Å². The standard InChI is InChI=1S/C68H46N2O/c1-2-14-47(15-3-1)53-20-10-24-60(43-53)70(62-40-41-66-65-27-8-9-29-67(65)71-68(66)46-62)61-25-12-22-55(45-61)54-21-11-23-59(44-54)69(57-36-32-49(33-37-57)56-31-30-48-16-4-5-18-52(48)42-56)58-38-34-51(35-39-58)64-28-13-19-50-17-6-7-26-63(50)64/h1-46H. The van der Waals surface area contributed by atoms with E-state index in [2.05, 4.69) is 277 Å². The molecule has 0 radical (unpaired) electrons. The van der Waals surface area contributed by atoms with Gasteiger partial charge in [0.2, 0.25) is 0 Å². The highest BCUT2D eigenvalue weighted by molar-refractivity contribution is 6.06. The van der Waals surface area contributed by atoms with Crippen molar-refractivity contribution in [2.45, 2.75) is 0 Å². The monoisotopic (exact) mass is 906 g/mol. The van der Waals surface area contributed by atoms with Crippen LogP contribution in [0.25, 0.3) is 88.0 Å². The quantitative estimate of drug-likeness (QED) is 0.136. The van der Waals surface area contributed by atoms with Crippen LogP contribution in [-0.4, -0.2) is 0 Å². The van der Waals surface area contributed by atoms with Crippen LogP contribution in [0.3, 0.4) is 0 Å². The topological polar surface area (TPSA) is 19.6 Å². The molecule has 3 heteroatoms. The molecule has 334 valence electrons. The van der Waals surface area contributed by atoms with Gasteiger partial charge in [0, 0.05) is 51.0 Å². The third-order valence-corrected chi connectivity index (χ3v) is 13.8. The maximum atomic E-state index is 6.47. The maximum Gasteiger partial charge on any atom is 0.137 e. The molecule has 1 aromatic heterocycles. The van der Waals surface area contributed by atoms with Crippen molar-refractivity contribution in [3.63, 3.8) is 0 Å². The fourth-order valence-electron chi connectivity index (χ4n) is 10.3. The van der Waals surface area contributed by atoms with Crippen molar-refractivity contribution in [3.8, 4) is 44.5 Å². The summed E-state index contributed by atoms with van der Waals surface area (Å²) >= 11 is 0. The molecule has 71 heavy (non-hydrogen) atoms. The first kappa shape index (κ1) is 41.7. The van der Waals surface area contributed by atoms with Crippen molar-refractivity contribution < 1.29 is 4.42 Å². The molecule has 0 N–H and O–H groups in total. The summed E-state index contributed by atoms with van der Waals surface area (Å²) in [6.07, 6.45) is 0. The van der Waals surface area contributed by atoms with Crippen LogP contribution in [0.4, 0.5) is 34.1 Å². The molecule has 1 heterocycles. The summed E-state index contributed by atoms with van der Waals surface area (Å²) in [4.78, 5) is 4.71. The molecule has 0 aliphatic heterocycles. The summed E-state index contributed by atoms with van der Waals surface area (Å²) in [7, 11) is 0. The van der Waals surface area contributed by atoms with Gasteiger partial charge in [-0.15, -0.1) is 0 Å². The number of hydrogen-bond donors (Lipinski definition) is 0. The van der Waals surface area contributed by atoms with Crippen LogP contribution in [0.1, 0.15) is 0 Å². The largest absolute Gasteiger partial charge is 0.456 e. The van der Waals surface area contributed by atoms with Crippen LogP contribution in [0.5, 0.6) is 0 Å². The maximum absolute atomic E-state index is 6.47. The summed E-state index contributed by atoms with van der Waals surface area (Å²) < 4.78 is 6.47. The third-order valence-electron chi connectivity index (χ3n) is 13.8. The summed E-state index contributed by atoms with van der Waals surface area (Å²) in [6.45, 7) is 0. The van der Waals surface area contributed by atoms with Crippen LogP contribution < -0.4 is 9.80 Å². The molecule has 0 aliphatic carbocycles. The molecule has 13 rings (SSSR count). The Kier molecular flexibility index (Phi) is 10.5. The molecule has 0 unspecified atom stereocenters. The molecule has 0 bridgehead atoms. The van der Waals surface area contributed by atoms with Crippen molar-refractivity contribution in [3.05, 3.63) is 279 Å². The highest BCUT2D eigenvalue weighted by Crippen LogP contribution is 2.43. The van der Waals surface area contributed by atoms with Crippen LogP contribution >= 0.6 is 0 Å². The predicted octanol–water partition coefficient (Wildman–Crippen LogP) is 19.5. The minimum Gasteiger partial charge on any atom is -0.456 e. The second-order valence-electron chi connectivity index (χ2n) is 18.1. The highest BCUT2D eigenvalue weighted by atomic mass is 16.3. The number of furan rings is 1. The SMILES string of the molecule is c1ccc(-c2cccc(N(c3cccc(-c4cccc(N(c5ccc(-c6ccc7ccccc7c6)cc5)c5ccc(-c6cccc7ccccc67)cc5)c4)c3)c3ccc4c(c3)oc3ccccc34)c2)cc1. The normalized spacial score (nSPS) is 11.4. The molecule has 3 nitrogen and oxygen atoms in total. The number of para-hydroxylation sites is 1. The van der Waals surface area contributed by atoms with Gasteiger partial charge in [-0.05, 0) is 151 Å². The number of benzene rings is 12. The Hall–Kier alpha value is -9.44. The Balaban J connectivity index is 0.909. The zero-order valence-electron chi connectivity index (χ0n) is 38.9. The number of nitrogens with zero attached hydrogens (tertiary/aromatic N) is 2. The predicted molar refractivity (Wildman–Crippen MR) is 300 cm³/mol. The molecule has 13 aromatic rings. The van der Waals surface area contributed by atoms with Crippen LogP contribution in [-0.2, 0) is 0 Å². The molecule has 0 amide bonds. The van der Waals surface area contributed by atoms with E-state index in [1.165, 1.54) is 49.4 Å². The van der Waals surface area contributed by atoms with Gasteiger partial charge in [0.1, 0.15) is 11.2 Å². The first-order valence-corrected chi connectivity index (χ1v) is 24.2. The lowest BCUT2D eigenvalue weighted by molar-refractivity contribution is 0.669. The Morgan fingerprint density at radius 3 is 1.34 bits per heavy atom. The summed E-state index contributed by atoms with van der Waals surface area (Å²) in [5.74, 6) is 0. The van der Waals surface area contributed by atoms with Crippen molar-refractivity contribution in [1.82, 2.24) is 0 Å². The van der Waals surface area contributed by atoms with Gasteiger partial charge in [0.05, 0.1) is 0 Å². The van der Waals surface area contributed by atoms with Gasteiger partial charge in [0.15, 0.2) is 0 Å². The number of hydrogen-bond acceptors (Lipinski definition) is 3. The summed E-state index contributed by atoms with van der Waals surface area (Å²) in [6, 6.07) is 100. The molecule has 0 atom stereocenters. The lowest BCUT2D eigenvalue weighted by Gasteiger charge is -2.27. The molecule has 0 saturated carbocycles. The fraction of sp³-hybridized carbons (Fsp3) is 0. The second-order valence-corrected chi connectivity index (χ2v) is 18.1. The molecule has 0 fully saturated rings. The van der Waals surface area contributed by atoms with E-state index in [9.17, 15) is 0 Å². The van der Waals surface area contributed by atoms with Gasteiger partial charge in [0.25, 0.3) is 0 Å². The molecule has 12 aromatic carbocycles. The highest BCUT2D eigenvalue weighted by Gasteiger charge is 2.19. The van der Waals surface area contributed by atoms with E-state index in [0.29, 0.717) is 0 Å². The first-order chi connectivity index (χ1) is 35.2. The molecular weight excluding hydrogens is 861 g/mol. The van der Waals surface area contributed by atoms with E-state index in [1.807, 2.05) is 12.1 Å². The van der Waals surface area contributed by atoms with Gasteiger partial charge >= 0.3 is 0 Å². The van der Waals surface area contributed by atoms with Crippen LogP contribution in [0.15, 0.2) is 283 Å². The van der Waals surface area contributed by atoms with E-state index in [0.717, 1.165) is 72.8 Å². The minimum absolute atomic E-state index is 0.854. The Bertz CT molecular complexity index is 4050. The molecular formula is C68H46N2O. The Morgan fingerprint density at radius 1 is 0.211 bits per heavy atom. The van der Waals surface area contributed by atoms with Gasteiger partial charge in [-0.2, -0.15) is 0 Å². The Labute approximate surface area is 413 Å². The lowest BCUT2D eigenvalue weighted by Crippen LogP contribution is -2.10. The van der Waals surface area contributed by atoms with Gasteiger partial charge in [-0.3, -0.25) is 0 Å². The van der Waals surface area contributed by atoms with E-state index >= 15 is 0 Å². The zero-order chi connectivity index (χ0) is 47.1. The average Bonchev–Trinajstić information content (AvgIpc) is 3.82. The minimum atomic E-state index is 0.854. The number of anilines is 6. The summed E-state index contributed by atoms with van der Waals surface area (Å²) in [5, 5.41) is 7.17. The zero-order valence-corrected chi connectivity index (χ0v) is 38.9. The Morgan fingerprint density at radius 2 is 0.648 bits per heavy atom. The third kappa shape index (κ3) is 7.96. The van der Waals surface area contributed by atoms with E-state index in [1.54, 1.807) is 0 Å². The van der Waals surface area contributed by atoms with Gasteiger partial charge in [-0.25, -0.2) is 0 Å². The number of fused-ring (bicyclic) bond motifs is 5. The fourth-order valence-corrected chi connectivity index (χ4v) is 10.3. The van der Waals surface area contributed by atoms with Crippen LogP contribution in [0, 0.1) is 0 Å². The van der Waals surface area contributed by atoms with E-state index in [4.69, 9.17) is 4.42 Å².